The molecule has 2 rings (SSSR count). The molecular formula is C13H20N6. The molecule has 2 aromatic heterocycles. The Hall–Kier alpha value is -2.11. The Morgan fingerprint density at radius 3 is 2.47 bits per heavy atom. The molecular weight excluding hydrogens is 240 g/mol. The van der Waals surface area contributed by atoms with Gasteiger partial charge in [-0.15, -0.1) is 0 Å². The van der Waals surface area contributed by atoms with Crippen LogP contribution in [0.2, 0.25) is 0 Å². The lowest BCUT2D eigenvalue weighted by molar-refractivity contribution is 0.756. The lowest BCUT2D eigenvalue weighted by Crippen LogP contribution is -2.08. The van der Waals surface area contributed by atoms with Crippen LogP contribution in [0.5, 0.6) is 0 Å². The van der Waals surface area contributed by atoms with Crippen molar-refractivity contribution in [3.8, 4) is 0 Å². The van der Waals surface area contributed by atoms with Gasteiger partial charge < -0.3 is 11.1 Å². The van der Waals surface area contributed by atoms with Crippen molar-refractivity contribution in [2.24, 2.45) is 7.05 Å². The maximum atomic E-state index is 5.94. The first-order chi connectivity index (χ1) is 8.88. The number of aromatic nitrogens is 4. The van der Waals surface area contributed by atoms with Crippen LogP contribution in [0.3, 0.4) is 0 Å². The second-order valence-electron chi connectivity index (χ2n) is 5.02. The van der Waals surface area contributed by atoms with Crippen LogP contribution >= 0.6 is 0 Å². The number of hydrogen-bond acceptors (Lipinski definition) is 5. The minimum atomic E-state index is 0.235. The van der Waals surface area contributed by atoms with E-state index in [9.17, 15) is 0 Å². The Labute approximate surface area is 113 Å². The highest BCUT2D eigenvalue weighted by atomic mass is 15.3. The summed E-state index contributed by atoms with van der Waals surface area (Å²) in [5.74, 6) is 2.24. The standard InChI is InChI=1S/C13H20N6/c1-7(2)12-16-11(14)8(3)13(17-12)15-10-6-19(5)18-9(10)4/h6-7H,1-5H3,(H3,14,15,16,17). The van der Waals surface area contributed by atoms with Gasteiger partial charge in [0.2, 0.25) is 0 Å². The smallest absolute Gasteiger partial charge is 0.139 e. The first kappa shape index (κ1) is 13.3. The Morgan fingerprint density at radius 2 is 1.95 bits per heavy atom. The zero-order valence-corrected chi connectivity index (χ0v) is 12.0. The van der Waals surface area contributed by atoms with Gasteiger partial charge >= 0.3 is 0 Å². The third kappa shape index (κ3) is 2.67. The maximum absolute atomic E-state index is 5.94. The van der Waals surface area contributed by atoms with E-state index in [1.165, 1.54) is 0 Å². The zero-order chi connectivity index (χ0) is 14.2. The molecule has 2 heterocycles. The van der Waals surface area contributed by atoms with E-state index in [0.717, 1.165) is 28.6 Å². The summed E-state index contributed by atoms with van der Waals surface area (Å²) >= 11 is 0. The number of rotatable bonds is 3. The molecule has 0 fully saturated rings. The summed E-state index contributed by atoms with van der Waals surface area (Å²) in [7, 11) is 1.89. The van der Waals surface area contributed by atoms with Gasteiger partial charge in [-0.2, -0.15) is 5.10 Å². The molecule has 2 aromatic rings. The van der Waals surface area contributed by atoms with Gasteiger partial charge in [-0.05, 0) is 13.8 Å². The second-order valence-corrected chi connectivity index (χ2v) is 5.02. The Bertz CT molecular complexity index is 599. The van der Waals surface area contributed by atoms with Crippen LogP contribution in [0.15, 0.2) is 6.20 Å². The number of nitrogen functional groups attached to an aromatic ring is 1. The molecule has 0 saturated carbocycles. The monoisotopic (exact) mass is 260 g/mol. The van der Waals surface area contributed by atoms with Crippen molar-refractivity contribution in [1.29, 1.82) is 0 Å². The predicted molar refractivity (Wildman–Crippen MR) is 76.5 cm³/mol. The summed E-state index contributed by atoms with van der Waals surface area (Å²) in [5, 5.41) is 7.58. The van der Waals surface area contributed by atoms with Gasteiger partial charge in [0.25, 0.3) is 0 Å². The summed E-state index contributed by atoms with van der Waals surface area (Å²) in [6.07, 6.45) is 1.92. The minimum Gasteiger partial charge on any atom is -0.383 e. The highest BCUT2D eigenvalue weighted by Gasteiger charge is 2.13. The van der Waals surface area contributed by atoms with Crippen molar-refractivity contribution in [2.45, 2.75) is 33.6 Å². The highest BCUT2D eigenvalue weighted by molar-refractivity contribution is 5.64. The zero-order valence-electron chi connectivity index (χ0n) is 12.0. The van der Waals surface area contributed by atoms with Gasteiger partial charge in [-0.3, -0.25) is 4.68 Å². The molecule has 0 aromatic carbocycles. The van der Waals surface area contributed by atoms with E-state index in [1.54, 1.807) is 4.68 Å². The van der Waals surface area contributed by atoms with E-state index in [-0.39, 0.29) is 5.92 Å². The molecule has 6 nitrogen and oxygen atoms in total. The molecule has 6 heteroatoms. The van der Waals surface area contributed by atoms with E-state index in [1.807, 2.05) is 40.9 Å². The fraction of sp³-hybridized carbons (Fsp3) is 0.462. The molecule has 0 bridgehead atoms. The van der Waals surface area contributed by atoms with E-state index < -0.39 is 0 Å². The van der Waals surface area contributed by atoms with Crippen LogP contribution in [0.1, 0.15) is 36.8 Å². The van der Waals surface area contributed by atoms with Crippen LogP contribution in [-0.4, -0.2) is 19.7 Å². The van der Waals surface area contributed by atoms with Gasteiger partial charge in [0.05, 0.1) is 11.4 Å². The summed E-state index contributed by atoms with van der Waals surface area (Å²) in [5.41, 5.74) is 8.65. The van der Waals surface area contributed by atoms with Crippen molar-refractivity contribution >= 4 is 17.3 Å². The van der Waals surface area contributed by atoms with Crippen molar-refractivity contribution in [1.82, 2.24) is 19.7 Å². The van der Waals surface area contributed by atoms with E-state index in [2.05, 4.69) is 20.4 Å². The lowest BCUT2D eigenvalue weighted by Gasteiger charge is -2.12. The molecule has 3 N–H and O–H groups in total. The normalized spacial score (nSPS) is 11.1. The minimum absolute atomic E-state index is 0.235. The Morgan fingerprint density at radius 1 is 1.26 bits per heavy atom. The van der Waals surface area contributed by atoms with E-state index in [4.69, 9.17) is 5.73 Å². The summed E-state index contributed by atoms with van der Waals surface area (Å²) in [4.78, 5) is 8.85. The average Bonchev–Trinajstić information content (AvgIpc) is 2.63. The van der Waals surface area contributed by atoms with E-state index >= 15 is 0 Å². The summed E-state index contributed by atoms with van der Waals surface area (Å²) in [6, 6.07) is 0. The van der Waals surface area contributed by atoms with Crippen molar-refractivity contribution in [3.05, 3.63) is 23.3 Å². The molecule has 0 unspecified atom stereocenters. The number of nitrogens with one attached hydrogen (secondary N) is 1. The molecule has 0 atom stereocenters. The fourth-order valence-electron chi connectivity index (χ4n) is 1.78. The number of anilines is 3. The largest absolute Gasteiger partial charge is 0.383 e. The average molecular weight is 260 g/mol. The van der Waals surface area contributed by atoms with Gasteiger partial charge in [0, 0.05) is 24.7 Å². The number of nitrogens with zero attached hydrogens (tertiary/aromatic N) is 4. The van der Waals surface area contributed by atoms with Gasteiger partial charge in [0.1, 0.15) is 17.5 Å². The van der Waals surface area contributed by atoms with Crippen LogP contribution in [0, 0.1) is 13.8 Å². The fourth-order valence-corrected chi connectivity index (χ4v) is 1.78. The number of hydrogen-bond donors (Lipinski definition) is 2. The van der Waals surface area contributed by atoms with Crippen LogP contribution < -0.4 is 11.1 Å². The number of aryl methyl sites for hydroxylation is 2. The third-order valence-corrected chi connectivity index (χ3v) is 2.98. The molecule has 0 aliphatic rings. The number of nitrogens with two attached hydrogens (primary N) is 1. The quantitative estimate of drug-likeness (QED) is 0.884. The van der Waals surface area contributed by atoms with Crippen LogP contribution in [-0.2, 0) is 7.05 Å². The summed E-state index contributed by atoms with van der Waals surface area (Å²) < 4.78 is 1.76. The second kappa shape index (κ2) is 4.87. The molecule has 0 radical (unpaired) electrons. The van der Waals surface area contributed by atoms with Crippen molar-refractivity contribution < 1.29 is 0 Å². The van der Waals surface area contributed by atoms with Crippen LogP contribution in [0.4, 0.5) is 17.3 Å². The molecule has 0 amide bonds. The molecule has 0 saturated heterocycles. The third-order valence-electron chi connectivity index (χ3n) is 2.98. The Kier molecular flexibility index (Phi) is 3.42. The van der Waals surface area contributed by atoms with Gasteiger partial charge in [-0.1, -0.05) is 13.8 Å². The molecule has 0 spiro atoms. The van der Waals surface area contributed by atoms with Gasteiger partial charge in [-0.25, -0.2) is 9.97 Å². The van der Waals surface area contributed by atoms with Crippen molar-refractivity contribution in [3.63, 3.8) is 0 Å². The molecule has 0 aliphatic carbocycles. The molecule has 0 aliphatic heterocycles. The first-order valence-corrected chi connectivity index (χ1v) is 6.29. The molecule has 102 valence electrons. The van der Waals surface area contributed by atoms with Crippen molar-refractivity contribution in [2.75, 3.05) is 11.1 Å². The SMILES string of the molecule is Cc1nn(C)cc1Nc1nc(C(C)C)nc(N)c1C. The van der Waals surface area contributed by atoms with Crippen LogP contribution in [0.25, 0.3) is 0 Å². The topological polar surface area (TPSA) is 81.7 Å². The predicted octanol–water partition coefficient (Wildman–Crippen LogP) is 2.28. The Balaban J connectivity index is 2.41. The van der Waals surface area contributed by atoms with Gasteiger partial charge in [0.15, 0.2) is 0 Å². The van der Waals surface area contributed by atoms with E-state index in [0.29, 0.717) is 5.82 Å². The summed E-state index contributed by atoms with van der Waals surface area (Å²) in [6.45, 7) is 7.95. The first-order valence-electron chi connectivity index (χ1n) is 6.29. The highest BCUT2D eigenvalue weighted by Crippen LogP contribution is 2.25. The maximum Gasteiger partial charge on any atom is 0.139 e. The lowest BCUT2D eigenvalue weighted by atomic mass is 10.2. The molecule has 19 heavy (non-hydrogen) atoms.